The molecule has 138 valence electrons. The Morgan fingerprint density at radius 2 is 2.08 bits per heavy atom. The fourth-order valence-electron chi connectivity index (χ4n) is 3.37. The van der Waals surface area contributed by atoms with Crippen LogP contribution in [-0.4, -0.2) is 48.6 Å². The van der Waals surface area contributed by atoms with Crippen molar-refractivity contribution >= 4 is 24.2 Å². The monoisotopic (exact) mass is 367 g/mol. The van der Waals surface area contributed by atoms with Crippen LogP contribution < -0.4 is 11.1 Å². The molecule has 1 aromatic rings. The van der Waals surface area contributed by atoms with Gasteiger partial charge in [-0.1, -0.05) is 30.3 Å². The van der Waals surface area contributed by atoms with Gasteiger partial charge < -0.3 is 20.7 Å². The summed E-state index contributed by atoms with van der Waals surface area (Å²) >= 11 is 0. The Kier molecular flexibility index (Phi) is 7.23. The Hall–Kier alpha value is -1.63. The molecule has 6 nitrogen and oxygen atoms in total. The predicted octanol–water partition coefficient (Wildman–Crippen LogP) is 1.39. The largest absolute Gasteiger partial charge is 0.364 e. The molecule has 3 rings (SSSR count). The van der Waals surface area contributed by atoms with Crippen molar-refractivity contribution in [1.82, 2.24) is 10.2 Å². The maximum atomic E-state index is 12.6. The van der Waals surface area contributed by atoms with Crippen molar-refractivity contribution in [2.45, 2.75) is 43.9 Å². The van der Waals surface area contributed by atoms with Gasteiger partial charge in [-0.3, -0.25) is 9.59 Å². The number of likely N-dealkylation sites (tertiary alicyclic amines) is 1. The van der Waals surface area contributed by atoms with Crippen molar-refractivity contribution in [3.63, 3.8) is 0 Å². The summed E-state index contributed by atoms with van der Waals surface area (Å²) in [6, 6.07) is 9.55. The van der Waals surface area contributed by atoms with Crippen LogP contribution in [0.5, 0.6) is 0 Å². The molecule has 0 bridgehead atoms. The number of halogens is 1. The molecule has 2 aliphatic rings. The van der Waals surface area contributed by atoms with Gasteiger partial charge in [0.15, 0.2) is 0 Å². The summed E-state index contributed by atoms with van der Waals surface area (Å²) in [7, 11) is 0. The minimum absolute atomic E-state index is 0. The van der Waals surface area contributed by atoms with Gasteiger partial charge >= 0.3 is 0 Å². The van der Waals surface area contributed by atoms with Crippen LogP contribution in [-0.2, 0) is 14.3 Å². The van der Waals surface area contributed by atoms with Crippen LogP contribution in [0.25, 0.3) is 0 Å². The third-order valence-corrected chi connectivity index (χ3v) is 4.76. The van der Waals surface area contributed by atoms with Crippen molar-refractivity contribution in [3.05, 3.63) is 35.9 Å². The summed E-state index contributed by atoms with van der Waals surface area (Å²) in [4.78, 5) is 26.3. The minimum Gasteiger partial charge on any atom is -0.364 e. The number of hydrogen-bond acceptors (Lipinski definition) is 4. The molecule has 0 aromatic heterocycles. The molecule has 2 fully saturated rings. The van der Waals surface area contributed by atoms with Gasteiger partial charge in [-0.05, 0) is 24.8 Å². The highest BCUT2D eigenvalue weighted by Gasteiger charge is 2.32. The first kappa shape index (κ1) is 19.7. The molecule has 1 aromatic carbocycles. The molecule has 7 heteroatoms. The number of hydrogen-bond donors (Lipinski definition) is 2. The average molecular weight is 368 g/mol. The van der Waals surface area contributed by atoms with E-state index in [-0.39, 0.29) is 36.4 Å². The maximum absolute atomic E-state index is 12.6. The molecule has 3 N–H and O–H groups in total. The number of nitrogens with two attached hydrogens (primary N) is 1. The zero-order chi connectivity index (χ0) is 16.9. The van der Waals surface area contributed by atoms with Gasteiger partial charge in [-0.15, -0.1) is 12.4 Å². The quantitative estimate of drug-likeness (QED) is 0.795. The average Bonchev–Trinajstić information content (AvgIpc) is 3.24. The lowest BCUT2D eigenvalue weighted by molar-refractivity contribution is -0.134. The van der Waals surface area contributed by atoms with Crippen LogP contribution in [0.2, 0.25) is 0 Å². The Morgan fingerprint density at radius 3 is 2.68 bits per heavy atom. The van der Waals surface area contributed by atoms with Crippen LogP contribution in [0.1, 0.15) is 37.3 Å². The lowest BCUT2D eigenvalue weighted by Crippen LogP contribution is -2.42. The fourth-order valence-corrected chi connectivity index (χ4v) is 3.37. The third-order valence-electron chi connectivity index (χ3n) is 4.76. The number of benzene rings is 1. The molecular weight excluding hydrogens is 342 g/mol. The van der Waals surface area contributed by atoms with Crippen molar-refractivity contribution in [2.24, 2.45) is 5.73 Å². The first-order chi connectivity index (χ1) is 11.7. The van der Waals surface area contributed by atoms with Crippen molar-refractivity contribution in [2.75, 3.05) is 19.6 Å². The highest BCUT2D eigenvalue weighted by atomic mass is 35.5. The van der Waals surface area contributed by atoms with Crippen LogP contribution in [0.15, 0.2) is 30.3 Å². The number of carbonyl (C=O) groups is 2. The molecule has 3 atom stereocenters. The zero-order valence-electron chi connectivity index (χ0n) is 14.2. The number of carbonyl (C=O) groups excluding carboxylic acids is 2. The standard InChI is InChI=1S/C18H25N3O3.ClH/c19-11-14-8-9-16(24-14)18(23)20-15(13-5-2-1-3-6-13)12-21-10-4-7-17(21)22;/h1-3,5-6,14-16H,4,7-12,19H2,(H,20,23);1H/t14-,15?,16+;/m1./s1. The Balaban J connectivity index is 0.00000225. The third kappa shape index (κ3) is 4.93. The number of rotatable bonds is 6. The summed E-state index contributed by atoms with van der Waals surface area (Å²) in [5.74, 6) is 0.0388. The number of amides is 2. The zero-order valence-corrected chi connectivity index (χ0v) is 15.0. The molecule has 2 saturated heterocycles. The van der Waals surface area contributed by atoms with E-state index in [4.69, 9.17) is 10.5 Å². The second-order valence-electron chi connectivity index (χ2n) is 6.47. The SMILES string of the molecule is Cl.NC[C@H]1CC[C@@H](C(=O)NC(CN2CCCC2=O)c2ccccc2)O1. The summed E-state index contributed by atoms with van der Waals surface area (Å²) in [6.07, 6.45) is 2.51. The summed E-state index contributed by atoms with van der Waals surface area (Å²) < 4.78 is 5.68. The van der Waals surface area contributed by atoms with Gasteiger partial charge in [0.2, 0.25) is 11.8 Å². The minimum atomic E-state index is -0.445. The molecule has 2 amide bonds. The maximum Gasteiger partial charge on any atom is 0.249 e. The van der Waals surface area contributed by atoms with E-state index in [2.05, 4.69) is 5.32 Å². The number of nitrogens with zero attached hydrogens (tertiary/aromatic N) is 1. The summed E-state index contributed by atoms with van der Waals surface area (Å²) in [6.45, 7) is 1.70. The van der Waals surface area contributed by atoms with Gasteiger partial charge in [0.05, 0.1) is 12.1 Å². The molecule has 0 spiro atoms. The molecule has 0 radical (unpaired) electrons. The Labute approximate surface area is 154 Å². The summed E-state index contributed by atoms with van der Waals surface area (Å²) in [5, 5.41) is 3.07. The number of ether oxygens (including phenoxy) is 1. The van der Waals surface area contributed by atoms with Crippen LogP contribution in [0, 0.1) is 0 Å². The second-order valence-corrected chi connectivity index (χ2v) is 6.47. The van der Waals surface area contributed by atoms with Crippen molar-refractivity contribution in [3.8, 4) is 0 Å². The Morgan fingerprint density at radius 1 is 1.32 bits per heavy atom. The highest BCUT2D eigenvalue weighted by molar-refractivity contribution is 5.85. The van der Waals surface area contributed by atoms with E-state index in [0.29, 0.717) is 25.9 Å². The van der Waals surface area contributed by atoms with E-state index in [1.54, 1.807) is 0 Å². The van der Waals surface area contributed by atoms with E-state index < -0.39 is 6.10 Å². The molecular formula is C18H26ClN3O3. The highest BCUT2D eigenvalue weighted by Crippen LogP contribution is 2.22. The lowest BCUT2D eigenvalue weighted by atomic mass is 10.1. The second kappa shape index (κ2) is 9.17. The van der Waals surface area contributed by atoms with Crippen molar-refractivity contribution < 1.29 is 14.3 Å². The molecule has 2 heterocycles. The molecule has 0 aliphatic carbocycles. The van der Waals surface area contributed by atoms with Gasteiger partial charge in [0, 0.05) is 26.1 Å². The summed E-state index contributed by atoms with van der Waals surface area (Å²) in [5.41, 5.74) is 6.61. The van der Waals surface area contributed by atoms with E-state index in [0.717, 1.165) is 24.9 Å². The fraction of sp³-hybridized carbons (Fsp3) is 0.556. The van der Waals surface area contributed by atoms with Crippen molar-refractivity contribution in [1.29, 1.82) is 0 Å². The number of nitrogens with one attached hydrogen (secondary N) is 1. The first-order valence-electron chi connectivity index (χ1n) is 8.66. The van der Waals surface area contributed by atoms with Crippen LogP contribution in [0.4, 0.5) is 0 Å². The van der Waals surface area contributed by atoms with Crippen LogP contribution >= 0.6 is 12.4 Å². The normalized spacial score (nSPS) is 24.0. The lowest BCUT2D eigenvalue weighted by Gasteiger charge is -2.26. The van der Waals surface area contributed by atoms with E-state index in [1.807, 2.05) is 35.2 Å². The van der Waals surface area contributed by atoms with Gasteiger partial charge in [0.25, 0.3) is 0 Å². The van der Waals surface area contributed by atoms with Crippen LogP contribution in [0.3, 0.4) is 0 Å². The first-order valence-corrected chi connectivity index (χ1v) is 8.66. The smallest absolute Gasteiger partial charge is 0.249 e. The topological polar surface area (TPSA) is 84.7 Å². The van der Waals surface area contributed by atoms with Gasteiger partial charge in [-0.2, -0.15) is 0 Å². The molecule has 25 heavy (non-hydrogen) atoms. The Bertz CT molecular complexity index is 584. The molecule has 1 unspecified atom stereocenters. The molecule has 2 aliphatic heterocycles. The van der Waals surface area contributed by atoms with E-state index >= 15 is 0 Å². The molecule has 0 saturated carbocycles. The van der Waals surface area contributed by atoms with Gasteiger partial charge in [-0.25, -0.2) is 0 Å². The van der Waals surface area contributed by atoms with Gasteiger partial charge in [0.1, 0.15) is 6.10 Å². The van der Waals surface area contributed by atoms with E-state index in [9.17, 15) is 9.59 Å². The predicted molar refractivity (Wildman–Crippen MR) is 97.3 cm³/mol. The van der Waals surface area contributed by atoms with E-state index in [1.165, 1.54) is 0 Å².